The standard InChI is InChI=1S/C16H23NO2/c1-2-3-7-13-10-16(19)17(11-13)15(12-18)14-8-5-4-6-9-14/h4-6,8-9,13,15,18H,2-3,7,10-12H2,1H3/t13-,15+/m0/s1. The summed E-state index contributed by atoms with van der Waals surface area (Å²) < 4.78 is 0. The molecule has 0 aromatic heterocycles. The second kappa shape index (κ2) is 6.71. The minimum atomic E-state index is -0.180. The maximum atomic E-state index is 12.1. The van der Waals surface area contributed by atoms with Crippen LogP contribution in [0, 0.1) is 5.92 Å². The lowest BCUT2D eigenvalue weighted by molar-refractivity contribution is -0.130. The lowest BCUT2D eigenvalue weighted by Gasteiger charge is -2.27. The molecule has 1 aromatic carbocycles. The second-order valence-corrected chi connectivity index (χ2v) is 5.37. The smallest absolute Gasteiger partial charge is 0.223 e. The van der Waals surface area contributed by atoms with Crippen LogP contribution in [0.4, 0.5) is 0 Å². The average molecular weight is 261 g/mol. The lowest BCUT2D eigenvalue weighted by Crippen LogP contribution is -2.32. The summed E-state index contributed by atoms with van der Waals surface area (Å²) in [5.41, 5.74) is 1.02. The SMILES string of the molecule is CCCC[C@H]1CC(=O)N([C@H](CO)c2ccccc2)C1. The molecule has 0 aliphatic carbocycles. The number of carbonyl (C=O) groups excluding carboxylic acids is 1. The molecule has 0 bridgehead atoms. The van der Waals surface area contributed by atoms with Gasteiger partial charge in [0.2, 0.25) is 5.91 Å². The summed E-state index contributed by atoms with van der Waals surface area (Å²) in [6, 6.07) is 9.63. The van der Waals surface area contributed by atoms with Crippen LogP contribution in [0.3, 0.4) is 0 Å². The normalized spacial score (nSPS) is 20.8. The van der Waals surface area contributed by atoms with Gasteiger partial charge in [0, 0.05) is 13.0 Å². The number of aliphatic hydroxyl groups is 1. The number of hydrogen-bond acceptors (Lipinski definition) is 2. The van der Waals surface area contributed by atoms with Gasteiger partial charge in [-0.05, 0) is 17.9 Å². The van der Waals surface area contributed by atoms with E-state index in [1.165, 1.54) is 12.8 Å². The summed E-state index contributed by atoms with van der Waals surface area (Å²) in [7, 11) is 0. The summed E-state index contributed by atoms with van der Waals surface area (Å²) in [5, 5.41) is 9.63. The zero-order valence-corrected chi connectivity index (χ0v) is 11.6. The van der Waals surface area contributed by atoms with Crippen molar-refractivity contribution < 1.29 is 9.90 Å². The number of carbonyl (C=O) groups is 1. The fraction of sp³-hybridized carbons (Fsp3) is 0.562. The fourth-order valence-corrected chi connectivity index (χ4v) is 2.86. The van der Waals surface area contributed by atoms with E-state index in [-0.39, 0.29) is 18.6 Å². The van der Waals surface area contributed by atoms with Crippen molar-refractivity contribution >= 4 is 5.91 Å². The largest absolute Gasteiger partial charge is 0.394 e. The number of amides is 1. The molecular formula is C16H23NO2. The molecule has 19 heavy (non-hydrogen) atoms. The third-order valence-electron chi connectivity index (χ3n) is 3.94. The lowest BCUT2D eigenvalue weighted by atomic mass is 10.0. The van der Waals surface area contributed by atoms with Crippen molar-refractivity contribution in [2.75, 3.05) is 13.2 Å². The molecule has 0 spiro atoms. The summed E-state index contributed by atoms with van der Waals surface area (Å²) >= 11 is 0. The highest BCUT2D eigenvalue weighted by Gasteiger charge is 2.34. The van der Waals surface area contributed by atoms with Gasteiger partial charge in [-0.2, -0.15) is 0 Å². The highest BCUT2D eigenvalue weighted by Crippen LogP contribution is 2.30. The molecule has 1 amide bonds. The van der Waals surface area contributed by atoms with Crippen LogP contribution in [0.2, 0.25) is 0 Å². The molecule has 0 saturated carbocycles. The minimum Gasteiger partial charge on any atom is -0.394 e. The minimum absolute atomic E-state index is 0.00372. The van der Waals surface area contributed by atoms with Crippen molar-refractivity contribution in [3.05, 3.63) is 35.9 Å². The number of unbranched alkanes of at least 4 members (excludes halogenated alkanes) is 1. The first kappa shape index (κ1) is 14.1. The van der Waals surface area contributed by atoms with Gasteiger partial charge in [-0.25, -0.2) is 0 Å². The molecule has 1 fully saturated rings. The van der Waals surface area contributed by atoms with Crippen LogP contribution in [0.1, 0.15) is 44.2 Å². The number of nitrogens with zero attached hydrogens (tertiary/aromatic N) is 1. The van der Waals surface area contributed by atoms with Crippen molar-refractivity contribution in [3.8, 4) is 0 Å². The number of aliphatic hydroxyl groups excluding tert-OH is 1. The van der Waals surface area contributed by atoms with E-state index in [0.717, 1.165) is 18.5 Å². The second-order valence-electron chi connectivity index (χ2n) is 5.37. The Morgan fingerprint density at radius 3 is 2.74 bits per heavy atom. The van der Waals surface area contributed by atoms with Gasteiger partial charge in [0.1, 0.15) is 0 Å². The molecule has 1 aliphatic rings. The van der Waals surface area contributed by atoms with Gasteiger partial charge in [0.05, 0.1) is 12.6 Å². The van der Waals surface area contributed by atoms with E-state index in [1.54, 1.807) is 0 Å². The predicted octanol–water partition coefficient (Wildman–Crippen LogP) is 2.76. The maximum Gasteiger partial charge on any atom is 0.223 e. The monoisotopic (exact) mass is 261 g/mol. The Morgan fingerprint density at radius 2 is 2.11 bits per heavy atom. The van der Waals surface area contributed by atoms with E-state index in [2.05, 4.69) is 6.92 Å². The molecule has 2 atom stereocenters. The Balaban J connectivity index is 2.05. The van der Waals surface area contributed by atoms with Gasteiger partial charge in [0.15, 0.2) is 0 Å². The van der Waals surface area contributed by atoms with Crippen molar-refractivity contribution in [2.24, 2.45) is 5.92 Å². The molecule has 0 radical (unpaired) electrons. The average Bonchev–Trinajstić information content (AvgIpc) is 2.80. The highest BCUT2D eigenvalue weighted by molar-refractivity contribution is 5.79. The van der Waals surface area contributed by atoms with Gasteiger partial charge >= 0.3 is 0 Å². The number of hydrogen-bond donors (Lipinski definition) is 1. The summed E-state index contributed by atoms with van der Waals surface area (Å²) in [6.45, 7) is 2.96. The van der Waals surface area contributed by atoms with Crippen molar-refractivity contribution in [2.45, 2.75) is 38.6 Å². The number of likely N-dealkylation sites (tertiary alicyclic amines) is 1. The summed E-state index contributed by atoms with van der Waals surface area (Å²) in [5.74, 6) is 0.647. The van der Waals surface area contributed by atoms with Crippen LogP contribution in [0.15, 0.2) is 30.3 Å². The van der Waals surface area contributed by atoms with Gasteiger partial charge in [-0.1, -0.05) is 50.1 Å². The highest BCUT2D eigenvalue weighted by atomic mass is 16.3. The zero-order valence-electron chi connectivity index (χ0n) is 11.6. The Hall–Kier alpha value is -1.35. The molecule has 0 unspecified atom stereocenters. The first-order valence-electron chi connectivity index (χ1n) is 7.21. The molecule has 1 N–H and O–H groups in total. The zero-order chi connectivity index (χ0) is 13.7. The molecule has 104 valence electrons. The van der Waals surface area contributed by atoms with E-state index in [0.29, 0.717) is 12.3 Å². The van der Waals surface area contributed by atoms with Crippen molar-refractivity contribution in [1.82, 2.24) is 4.90 Å². The third kappa shape index (κ3) is 3.35. The van der Waals surface area contributed by atoms with Crippen molar-refractivity contribution in [3.63, 3.8) is 0 Å². The number of benzene rings is 1. The number of rotatable bonds is 6. The summed E-state index contributed by atoms with van der Waals surface area (Å²) in [6.07, 6.45) is 4.11. The van der Waals surface area contributed by atoms with Gasteiger partial charge in [0.25, 0.3) is 0 Å². The van der Waals surface area contributed by atoms with Crippen LogP contribution in [0.25, 0.3) is 0 Å². The van der Waals surface area contributed by atoms with Crippen LogP contribution >= 0.6 is 0 Å². The van der Waals surface area contributed by atoms with Gasteiger partial charge in [-0.3, -0.25) is 4.79 Å². The topological polar surface area (TPSA) is 40.5 Å². The van der Waals surface area contributed by atoms with E-state index >= 15 is 0 Å². The Morgan fingerprint density at radius 1 is 1.37 bits per heavy atom. The summed E-state index contributed by atoms with van der Waals surface area (Å²) in [4.78, 5) is 14.0. The maximum absolute atomic E-state index is 12.1. The Labute approximate surface area is 115 Å². The molecule has 1 aliphatic heterocycles. The molecule has 2 rings (SSSR count). The van der Waals surface area contributed by atoms with E-state index < -0.39 is 0 Å². The molecule has 1 aromatic rings. The Kier molecular flexibility index (Phi) is 4.97. The Bertz CT molecular complexity index is 404. The van der Waals surface area contributed by atoms with Gasteiger partial charge in [-0.15, -0.1) is 0 Å². The molecular weight excluding hydrogens is 238 g/mol. The van der Waals surface area contributed by atoms with Gasteiger partial charge < -0.3 is 10.0 Å². The first-order valence-corrected chi connectivity index (χ1v) is 7.21. The molecule has 3 nitrogen and oxygen atoms in total. The predicted molar refractivity (Wildman–Crippen MR) is 75.6 cm³/mol. The van der Waals surface area contributed by atoms with Crippen LogP contribution in [0.5, 0.6) is 0 Å². The molecule has 1 saturated heterocycles. The molecule has 1 heterocycles. The van der Waals surface area contributed by atoms with E-state index in [1.807, 2.05) is 35.2 Å². The van der Waals surface area contributed by atoms with E-state index in [9.17, 15) is 9.90 Å². The van der Waals surface area contributed by atoms with Crippen LogP contribution < -0.4 is 0 Å². The first-order chi connectivity index (χ1) is 9.26. The van der Waals surface area contributed by atoms with E-state index in [4.69, 9.17) is 0 Å². The fourth-order valence-electron chi connectivity index (χ4n) is 2.86. The third-order valence-corrected chi connectivity index (χ3v) is 3.94. The van der Waals surface area contributed by atoms with Crippen LogP contribution in [-0.2, 0) is 4.79 Å². The molecule has 3 heteroatoms. The quantitative estimate of drug-likeness (QED) is 0.855. The van der Waals surface area contributed by atoms with Crippen molar-refractivity contribution in [1.29, 1.82) is 0 Å². The van der Waals surface area contributed by atoms with Crippen LogP contribution in [-0.4, -0.2) is 29.1 Å².